The van der Waals surface area contributed by atoms with E-state index in [2.05, 4.69) is 57.4 Å². The van der Waals surface area contributed by atoms with E-state index in [9.17, 15) is 15.0 Å². The number of ether oxygens (including phenoxy) is 1. The summed E-state index contributed by atoms with van der Waals surface area (Å²) in [5.41, 5.74) is 0.637. The van der Waals surface area contributed by atoms with Crippen molar-refractivity contribution in [1.82, 2.24) is 10.6 Å². The Kier molecular flexibility index (Phi) is 12.2. The third-order valence-electron chi connectivity index (χ3n) is 8.11. The third-order valence-corrected chi connectivity index (χ3v) is 9.54. The topological polar surface area (TPSA) is 94.1 Å². The molecule has 3 unspecified atom stereocenters. The summed E-state index contributed by atoms with van der Waals surface area (Å²) in [7, 11) is 0. The lowest BCUT2D eigenvalue weighted by Crippen LogP contribution is -2.50. The number of hydrogen-bond donors (Lipinski definition) is 4. The molecule has 1 aromatic carbocycles. The van der Waals surface area contributed by atoms with E-state index >= 15 is 0 Å². The van der Waals surface area contributed by atoms with Crippen molar-refractivity contribution >= 4 is 17.7 Å². The van der Waals surface area contributed by atoms with Gasteiger partial charge in [-0.05, 0) is 43.6 Å². The molecule has 2 fully saturated rings. The molecule has 1 saturated heterocycles. The van der Waals surface area contributed by atoms with Crippen molar-refractivity contribution in [3.63, 3.8) is 0 Å². The highest BCUT2D eigenvalue weighted by molar-refractivity contribution is 8.00. The van der Waals surface area contributed by atoms with Crippen LogP contribution in [0.5, 0.6) is 0 Å². The maximum absolute atomic E-state index is 13.4. The first kappa shape index (κ1) is 32.4. The van der Waals surface area contributed by atoms with Crippen molar-refractivity contribution in [2.45, 2.75) is 128 Å². The first-order valence-corrected chi connectivity index (χ1v) is 16.1. The van der Waals surface area contributed by atoms with Crippen LogP contribution >= 0.6 is 11.8 Å². The van der Waals surface area contributed by atoms with Gasteiger partial charge in [-0.1, -0.05) is 97.1 Å². The van der Waals surface area contributed by atoms with Gasteiger partial charge >= 0.3 is 0 Å². The number of epoxide rings is 1. The average Bonchev–Trinajstić information content (AvgIpc) is 3.53. The predicted molar refractivity (Wildman–Crippen MR) is 162 cm³/mol. The molecular formula is C32H54N2O4S. The summed E-state index contributed by atoms with van der Waals surface area (Å²) in [5.74, 6) is 1.55. The largest absolute Gasteiger partial charge is 0.390 e. The molecular weight excluding hydrogens is 508 g/mol. The molecule has 1 aliphatic heterocycles. The molecule has 3 rings (SSSR count). The van der Waals surface area contributed by atoms with Crippen LogP contribution in [0.4, 0.5) is 0 Å². The quantitative estimate of drug-likeness (QED) is 0.217. The number of benzene rings is 1. The SMILES string of the molecule is CC(C)C[C@H](O)[C@@H](O)[C@H](CC1CCCCC1)NC1OC1(C)CNC(=O)C(CSC(C)(C)C)Cc1ccccc1. The van der Waals surface area contributed by atoms with Gasteiger partial charge in [0.1, 0.15) is 11.8 Å². The van der Waals surface area contributed by atoms with Crippen molar-refractivity contribution in [1.29, 1.82) is 0 Å². The van der Waals surface area contributed by atoms with Gasteiger partial charge < -0.3 is 20.3 Å². The Labute approximate surface area is 241 Å². The monoisotopic (exact) mass is 562 g/mol. The highest BCUT2D eigenvalue weighted by Crippen LogP contribution is 2.36. The van der Waals surface area contributed by atoms with E-state index in [-0.39, 0.29) is 28.8 Å². The molecule has 1 aromatic rings. The molecule has 1 aliphatic carbocycles. The van der Waals surface area contributed by atoms with Gasteiger partial charge in [-0.2, -0.15) is 11.8 Å². The Hall–Kier alpha value is -1.12. The minimum absolute atomic E-state index is 0.0530. The van der Waals surface area contributed by atoms with E-state index in [4.69, 9.17) is 4.74 Å². The van der Waals surface area contributed by atoms with E-state index in [0.29, 0.717) is 31.2 Å². The molecule has 7 heteroatoms. The number of nitrogens with one attached hydrogen (secondary N) is 2. The maximum Gasteiger partial charge on any atom is 0.224 e. The molecule has 0 spiro atoms. The lowest BCUT2D eigenvalue weighted by molar-refractivity contribution is -0.124. The Bertz CT molecular complexity index is 871. The molecule has 1 saturated carbocycles. The van der Waals surface area contributed by atoms with Gasteiger partial charge in [0.2, 0.25) is 5.91 Å². The second-order valence-electron chi connectivity index (χ2n) is 13.5. The van der Waals surface area contributed by atoms with E-state index in [1.165, 1.54) is 37.7 Å². The minimum atomic E-state index is -0.845. The number of aliphatic hydroxyl groups excluding tert-OH is 2. The molecule has 6 nitrogen and oxygen atoms in total. The van der Waals surface area contributed by atoms with E-state index in [1.807, 2.05) is 36.9 Å². The van der Waals surface area contributed by atoms with Crippen LogP contribution in [0.2, 0.25) is 0 Å². The average molecular weight is 563 g/mol. The summed E-state index contributed by atoms with van der Waals surface area (Å²) in [4.78, 5) is 13.4. The lowest BCUT2D eigenvalue weighted by atomic mass is 9.82. The zero-order chi connectivity index (χ0) is 28.6. The summed E-state index contributed by atoms with van der Waals surface area (Å²) in [5, 5.41) is 28.6. The van der Waals surface area contributed by atoms with E-state index in [1.54, 1.807) is 0 Å². The lowest BCUT2D eigenvalue weighted by Gasteiger charge is -2.32. The van der Waals surface area contributed by atoms with E-state index < -0.39 is 17.8 Å². The van der Waals surface area contributed by atoms with Crippen molar-refractivity contribution in [2.24, 2.45) is 17.8 Å². The molecule has 1 amide bonds. The molecule has 222 valence electrons. The fourth-order valence-corrected chi connectivity index (χ4v) is 6.61. The first-order chi connectivity index (χ1) is 18.4. The zero-order valence-electron chi connectivity index (χ0n) is 25.1. The highest BCUT2D eigenvalue weighted by Gasteiger charge is 2.54. The molecule has 4 N–H and O–H groups in total. The van der Waals surface area contributed by atoms with Crippen molar-refractivity contribution in [2.75, 3.05) is 12.3 Å². The van der Waals surface area contributed by atoms with Crippen molar-refractivity contribution in [3.05, 3.63) is 35.9 Å². The molecule has 0 aromatic heterocycles. The smallest absolute Gasteiger partial charge is 0.224 e. The Balaban J connectivity index is 1.58. The molecule has 1 heterocycles. The van der Waals surface area contributed by atoms with Crippen LogP contribution in [0.1, 0.15) is 92.1 Å². The van der Waals surface area contributed by atoms with Gasteiger partial charge in [0.25, 0.3) is 0 Å². The number of carbonyl (C=O) groups is 1. The van der Waals surface area contributed by atoms with Gasteiger partial charge in [0.15, 0.2) is 0 Å². The van der Waals surface area contributed by atoms with Gasteiger partial charge in [0.05, 0.1) is 24.7 Å². The van der Waals surface area contributed by atoms with Gasteiger partial charge in [0, 0.05) is 16.5 Å². The van der Waals surface area contributed by atoms with Crippen LogP contribution in [-0.2, 0) is 16.0 Å². The second-order valence-corrected chi connectivity index (χ2v) is 15.4. The van der Waals surface area contributed by atoms with Crippen LogP contribution in [0, 0.1) is 17.8 Å². The number of carbonyl (C=O) groups excluding carboxylic acids is 1. The fourth-order valence-electron chi connectivity index (χ4n) is 5.64. The van der Waals surface area contributed by atoms with Crippen molar-refractivity contribution in [3.8, 4) is 0 Å². The van der Waals surface area contributed by atoms with Crippen LogP contribution in [0.15, 0.2) is 30.3 Å². The summed E-state index contributed by atoms with van der Waals surface area (Å²) in [6.07, 6.45) is 6.36. The fraction of sp³-hybridized carbons (Fsp3) is 0.781. The number of hydrogen-bond acceptors (Lipinski definition) is 6. The Morgan fingerprint density at radius 3 is 2.41 bits per heavy atom. The summed E-state index contributed by atoms with van der Waals surface area (Å²) in [6.45, 7) is 13.1. The van der Waals surface area contributed by atoms with Crippen LogP contribution in [0.3, 0.4) is 0 Å². The van der Waals surface area contributed by atoms with Crippen LogP contribution < -0.4 is 10.6 Å². The number of aliphatic hydroxyl groups is 2. The standard InChI is InChI=1S/C32H54N2O4S/c1-22(2)17-27(35)28(36)26(19-24-15-11-8-12-16-24)34-30-32(6,38-30)21-33-29(37)25(20-39-31(3,4)5)18-23-13-9-7-10-14-23/h7,9-10,13-14,22,24-28,30,34-36H,8,11-12,15-21H2,1-6H3,(H,33,37)/t25?,26-,27-,28-,30?,32?/m0/s1. The predicted octanol–water partition coefficient (Wildman–Crippen LogP) is 5.30. The Morgan fingerprint density at radius 2 is 1.79 bits per heavy atom. The number of amides is 1. The normalized spacial score (nSPS) is 25.2. The zero-order valence-corrected chi connectivity index (χ0v) is 25.9. The van der Waals surface area contributed by atoms with Crippen molar-refractivity contribution < 1.29 is 19.7 Å². The number of rotatable bonds is 15. The first-order valence-electron chi connectivity index (χ1n) is 15.1. The van der Waals surface area contributed by atoms with Gasteiger partial charge in [-0.15, -0.1) is 0 Å². The summed E-state index contributed by atoms with van der Waals surface area (Å²) >= 11 is 1.82. The summed E-state index contributed by atoms with van der Waals surface area (Å²) < 4.78 is 6.16. The molecule has 2 aliphatic rings. The van der Waals surface area contributed by atoms with Crippen LogP contribution in [-0.4, -0.2) is 63.2 Å². The third kappa shape index (κ3) is 11.0. The second kappa shape index (κ2) is 14.7. The number of thioether (sulfide) groups is 1. The van der Waals surface area contributed by atoms with E-state index in [0.717, 1.165) is 12.2 Å². The van der Waals surface area contributed by atoms with Gasteiger partial charge in [-0.3, -0.25) is 10.1 Å². The molecule has 39 heavy (non-hydrogen) atoms. The maximum atomic E-state index is 13.4. The summed E-state index contributed by atoms with van der Waals surface area (Å²) in [6, 6.07) is 9.97. The minimum Gasteiger partial charge on any atom is -0.390 e. The molecule has 0 radical (unpaired) electrons. The Morgan fingerprint density at radius 1 is 1.13 bits per heavy atom. The van der Waals surface area contributed by atoms with Crippen LogP contribution in [0.25, 0.3) is 0 Å². The molecule has 6 atom stereocenters. The van der Waals surface area contributed by atoms with Gasteiger partial charge in [-0.25, -0.2) is 0 Å². The molecule has 0 bridgehead atoms. The highest BCUT2D eigenvalue weighted by atomic mass is 32.2.